The van der Waals surface area contributed by atoms with E-state index in [1.165, 1.54) is 9.13 Å². The number of imide groups is 1. The second kappa shape index (κ2) is 18.6. The van der Waals surface area contributed by atoms with Gasteiger partial charge in [-0.15, -0.1) is 0 Å². The molecule has 4 amide bonds. The quantitative estimate of drug-likeness (QED) is 0.175. The van der Waals surface area contributed by atoms with Gasteiger partial charge < -0.3 is 24.3 Å². The largest absolute Gasteiger partial charge is 0.491 e. The summed E-state index contributed by atoms with van der Waals surface area (Å²) >= 11 is 0. The number of likely N-dealkylation sites (tertiary alicyclic amines) is 2. The van der Waals surface area contributed by atoms with E-state index >= 15 is 0 Å². The molecule has 68 heavy (non-hydrogen) atoms. The number of nitrogens with one attached hydrogen (secondary N) is 1. The fraction of sp³-hybridized carbons (Fsp3) is 0.531. The number of aromatic nitrogens is 6. The molecular weight excluding hydrogens is 877 g/mol. The Morgan fingerprint density at radius 3 is 2.44 bits per heavy atom. The fourth-order valence-corrected chi connectivity index (χ4v) is 11.2. The highest BCUT2D eigenvalue weighted by Crippen LogP contribution is 2.44. The zero-order valence-corrected chi connectivity index (χ0v) is 39.0. The summed E-state index contributed by atoms with van der Waals surface area (Å²) < 4.78 is 42.6. The Morgan fingerprint density at radius 1 is 0.926 bits per heavy atom. The van der Waals surface area contributed by atoms with E-state index in [0.29, 0.717) is 92.5 Å². The summed E-state index contributed by atoms with van der Waals surface area (Å²) in [6.07, 6.45) is 7.09. The van der Waals surface area contributed by atoms with Gasteiger partial charge in [0, 0.05) is 107 Å². The number of aryl methyl sites for hydroxylation is 3. The standard InChI is InChI=1S/C49H59F2N11O6/c1-30(63)59-23-15-38-37(28-59)47(60-17-5-6-32-24-35(33-26-52-55(2)27-33)36(46(50)51)25-41(32)60)54-62(38)34-13-21-58(22-14-34)44(65)16-20-57-18-11-31(12-19-57)29-68-42-8-4-7-39-45(42)56(3)49(67)61(39)40-9-10-43(64)53-48(40)66/h4,7-8,24-27,31,34,40,46H,5-6,9-23,28-29H2,1-3H3,(H,53,64,66). The molecule has 17 nitrogen and oxygen atoms in total. The molecule has 1 N–H and O–H groups in total. The maximum Gasteiger partial charge on any atom is 0.329 e. The van der Waals surface area contributed by atoms with E-state index in [1.807, 2.05) is 28.0 Å². The average Bonchev–Trinajstić information content (AvgIpc) is 4.02. The number of anilines is 2. The van der Waals surface area contributed by atoms with Crippen LogP contribution >= 0.6 is 0 Å². The number of amides is 4. The zero-order chi connectivity index (χ0) is 47.4. The van der Waals surface area contributed by atoms with Crippen LogP contribution in [-0.2, 0) is 52.7 Å². The fourth-order valence-electron chi connectivity index (χ4n) is 11.2. The summed E-state index contributed by atoms with van der Waals surface area (Å²) in [5.74, 6) is 0.920. The number of carbonyl (C=O) groups excluding carboxylic acids is 4. The van der Waals surface area contributed by atoms with Gasteiger partial charge in [-0.1, -0.05) is 6.07 Å². The lowest BCUT2D eigenvalue weighted by molar-refractivity contribution is -0.136. The lowest BCUT2D eigenvalue weighted by atomic mass is 9.92. The first-order valence-electron chi connectivity index (χ1n) is 24.1. The SMILES string of the molecule is CC(=O)N1CCc2c(c(N3CCCc4cc(-c5cnn(C)c5)c(C(F)F)cc43)nn2C2CCN(C(=O)CCN3CCC(COc4cccc5c4n(C)c(=O)n5C4CCC(=O)NC4=O)CC3)CC2)C1. The Morgan fingerprint density at radius 2 is 1.72 bits per heavy atom. The number of halogens is 2. The van der Waals surface area contributed by atoms with Crippen LogP contribution < -0.4 is 20.6 Å². The maximum atomic E-state index is 14.7. The Hall–Kier alpha value is -6.37. The van der Waals surface area contributed by atoms with Gasteiger partial charge in [0.15, 0.2) is 5.82 Å². The lowest BCUT2D eigenvalue weighted by Crippen LogP contribution is -2.44. The van der Waals surface area contributed by atoms with E-state index in [4.69, 9.17) is 9.84 Å². The van der Waals surface area contributed by atoms with Crippen LogP contribution in [0.5, 0.6) is 5.75 Å². The van der Waals surface area contributed by atoms with Gasteiger partial charge in [-0.05, 0) is 99.3 Å². The van der Waals surface area contributed by atoms with Crippen molar-refractivity contribution < 1.29 is 32.7 Å². The van der Waals surface area contributed by atoms with Crippen molar-refractivity contribution >= 4 is 46.2 Å². The molecule has 1 unspecified atom stereocenters. The molecule has 1 atom stereocenters. The van der Waals surface area contributed by atoms with Gasteiger partial charge in [-0.3, -0.25) is 43.0 Å². The highest BCUT2D eigenvalue weighted by molar-refractivity contribution is 6.00. The molecule has 3 fully saturated rings. The normalized spacial score (nSPS) is 19.7. The Labute approximate surface area is 392 Å². The average molecular weight is 936 g/mol. The number of imidazole rings is 1. The van der Waals surface area contributed by atoms with Crippen LogP contribution in [0.15, 0.2) is 47.5 Å². The summed E-state index contributed by atoms with van der Waals surface area (Å²) in [5, 5.41) is 11.9. The molecule has 0 aliphatic carbocycles. The van der Waals surface area contributed by atoms with Gasteiger partial charge in [0.25, 0.3) is 6.43 Å². The van der Waals surface area contributed by atoms with Crippen LogP contribution in [0.4, 0.5) is 20.3 Å². The summed E-state index contributed by atoms with van der Waals surface area (Å²) in [6, 6.07) is 8.27. The van der Waals surface area contributed by atoms with E-state index in [9.17, 15) is 32.8 Å². The first-order chi connectivity index (χ1) is 32.8. The van der Waals surface area contributed by atoms with Crippen molar-refractivity contribution in [1.29, 1.82) is 0 Å². The molecule has 3 aromatic heterocycles. The van der Waals surface area contributed by atoms with Crippen LogP contribution in [0.3, 0.4) is 0 Å². The van der Waals surface area contributed by atoms with Crippen LogP contribution in [-0.4, -0.2) is 119 Å². The molecular formula is C49H59F2N11O6. The van der Waals surface area contributed by atoms with Crippen molar-refractivity contribution in [2.24, 2.45) is 20.0 Å². The maximum absolute atomic E-state index is 14.7. The lowest BCUT2D eigenvalue weighted by Gasteiger charge is -2.35. The molecule has 360 valence electrons. The van der Waals surface area contributed by atoms with Crippen molar-refractivity contribution in [1.82, 2.24) is 48.7 Å². The summed E-state index contributed by atoms with van der Waals surface area (Å²) in [6.45, 7) is 7.27. The topological polar surface area (TPSA) is 165 Å². The summed E-state index contributed by atoms with van der Waals surface area (Å²) in [4.78, 5) is 72.3. The van der Waals surface area contributed by atoms with E-state index < -0.39 is 18.4 Å². The number of piperidine rings is 3. The third kappa shape index (κ3) is 8.57. The first kappa shape index (κ1) is 45.4. The van der Waals surface area contributed by atoms with Crippen LogP contribution in [0.1, 0.15) is 99.2 Å². The molecule has 5 aromatic rings. The Kier molecular flexibility index (Phi) is 12.4. The van der Waals surface area contributed by atoms with E-state index in [-0.39, 0.29) is 47.9 Å². The van der Waals surface area contributed by atoms with Gasteiger partial charge in [-0.2, -0.15) is 10.2 Å². The van der Waals surface area contributed by atoms with Crippen LogP contribution in [0.25, 0.3) is 22.2 Å². The number of rotatable bonds is 11. The minimum Gasteiger partial charge on any atom is -0.491 e. The van der Waals surface area contributed by atoms with Crippen molar-refractivity contribution in [3.8, 4) is 16.9 Å². The number of fused-ring (bicyclic) bond motifs is 3. The van der Waals surface area contributed by atoms with E-state index in [2.05, 4.69) is 24.9 Å². The number of nitrogens with zero attached hydrogens (tertiary/aromatic N) is 10. The van der Waals surface area contributed by atoms with Crippen molar-refractivity contribution in [2.45, 2.75) is 96.2 Å². The Balaban J connectivity index is 0.754. The number of hydrogen-bond acceptors (Lipinski definition) is 10. The summed E-state index contributed by atoms with van der Waals surface area (Å²) in [7, 11) is 3.44. The van der Waals surface area contributed by atoms with Crippen LogP contribution in [0, 0.1) is 5.92 Å². The number of carbonyl (C=O) groups is 4. The number of benzene rings is 2. The Bertz CT molecular complexity index is 2830. The summed E-state index contributed by atoms with van der Waals surface area (Å²) in [5.41, 5.74) is 5.73. The van der Waals surface area contributed by atoms with Crippen molar-refractivity contribution in [3.05, 3.63) is 75.6 Å². The zero-order valence-electron chi connectivity index (χ0n) is 39.0. The molecule has 5 aliphatic heterocycles. The molecule has 0 bridgehead atoms. The van der Waals surface area contributed by atoms with Gasteiger partial charge in [0.05, 0.1) is 30.9 Å². The predicted octanol–water partition coefficient (Wildman–Crippen LogP) is 5.19. The number of para-hydroxylation sites is 1. The molecule has 0 radical (unpaired) electrons. The first-order valence-corrected chi connectivity index (χ1v) is 24.1. The molecule has 10 rings (SSSR count). The molecule has 19 heteroatoms. The third-order valence-electron chi connectivity index (χ3n) is 15.0. The minimum atomic E-state index is -2.69. The molecule has 3 saturated heterocycles. The van der Waals surface area contributed by atoms with Crippen molar-refractivity contribution in [2.75, 3.05) is 57.3 Å². The second-order valence-corrected chi connectivity index (χ2v) is 19.2. The van der Waals surface area contributed by atoms with Gasteiger partial charge in [0.1, 0.15) is 17.3 Å². The van der Waals surface area contributed by atoms with Gasteiger partial charge in [-0.25, -0.2) is 13.6 Å². The van der Waals surface area contributed by atoms with Gasteiger partial charge in [0.2, 0.25) is 23.6 Å². The number of ether oxygens (including phenoxy) is 1. The highest BCUT2D eigenvalue weighted by Gasteiger charge is 2.36. The number of hydrogen-bond donors (Lipinski definition) is 1. The van der Waals surface area contributed by atoms with Crippen molar-refractivity contribution in [3.63, 3.8) is 0 Å². The smallest absolute Gasteiger partial charge is 0.329 e. The molecule has 5 aliphatic rings. The monoisotopic (exact) mass is 935 g/mol. The molecule has 0 saturated carbocycles. The van der Waals surface area contributed by atoms with Gasteiger partial charge >= 0.3 is 5.69 Å². The number of alkyl halides is 2. The highest BCUT2D eigenvalue weighted by atomic mass is 19.3. The third-order valence-corrected chi connectivity index (χ3v) is 15.0. The minimum absolute atomic E-state index is 0.0128. The van der Waals surface area contributed by atoms with E-state index in [0.717, 1.165) is 79.9 Å². The van der Waals surface area contributed by atoms with Crippen LogP contribution in [0.2, 0.25) is 0 Å². The molecule has 2 aromatic carbocycles. The molecule has 0 spiro atoms. The van der Waals surface area contributed by atoms with E-state index in [1.54, 1.807) is 50.2 Å². The second-order valence-electron chi connectivity index (χ2n) is 19.2. The molecule has 8 heterocycles. The predicted molar refractivity (Wildman–Crippen MR) is 249 cm³/mol.